The van der Waals surface area contributed by atoms with Crippen molar-refractivity contribution in [1.82, 2.24) is 15.6 Å². The van der Waals surface area contributed by atoms with Crippen LogP contribution in [0.15, 0.2) is 77.7 Å². The fourth-order valence-electron chi connectivity index (χ4n) is 2.77. The first-order valence-corrected chi connectivity index (χ1v) is 11.3. The number of nitrogens with one attached hydrogen (secondary N) is 3. The van der Waals surface area contributed by atoms with Gasteiger partial charge in [-0.1, -0.05) is 54.1 Å². The topological polar surface area (TPSA) is 104 Å². The van der Waals surface area contributed by atoms with E-state index in [-0.39, 0.29) is 34.0 Å². The van der Waals surface area contributed by atoms with E-state index in [1.54, 1.807) is 24.3 Å². The molecule has 2 amide bonds. The first-order valence-electron chi connectivity index (χ1n) is 9.42. The third-order valence-electron chi connectivity index (χ3n) is 4.43. The van der Waals surface area contributed by atoms with Gasteiger partial charge in [0.15, 0.2) is 0 Å². The number of sulfonamides is 1. The molecule has 0 aliphatic carbocycles. The molecule has 7 nitrogen and oxygen atoms in total. The Hall–Kier alpha value is -3.27. The van der Waals surface area contributed by atoms with E-state index in [0.717, 1.165) is 5.56 Å². The van der Waals surface area contributed by atoms with Gasteiger partial charge in [-0.2, -0.15) is 0 Å². The lowest BCUT2D eigenvalue weighted by molar-refractivity contribution is -0.121. The van der Waals surface area contributed by atoms with Gasteiger partial charge in [0.25, 0.3) is 5.91 Å². The lowest BCUT2D eigenvalue weighted by Gasteiger charge is -2.10. The fraction of sp³-hybridized carbons (Fsp3) is 0.0909. The number of carbonyl (C=O) groups is 2. The molecule has 3 rings (SSSR count). The second-order valence-electron chi connectivity index (χ2n) is 6.72. The van der Waals surface area contributed by atoms with E-state index in [0.29, 0.717) is 0 Å². The lowest BCUT2D eigenvalue weighted by Crippen LogP contribution is -2.42. The van der Waals surface area contributed by atoms with Gasteiger partial charge >= 0.3 is 0 Å². The maximum Gasteiger partial charge on any atom is 0.269 e. The lowest BCUT2D eigenvalue weighted by atomic mass is 10.1. The van der Waals surface area contributed by atoms with E-state index in [1.165, 1.54) is 42.5 Å². The number of benzene rings is 3. The van der Waals surface area contributed by atoms with Crippen LogP contribution < -0.4 is 15.6 Å². The van der Waals surface area contributed by atoms with E-state index >= 15 is 0 Å². The fourth-order valence-corrected chi connectivity index (χ4v) is 4.06. The highest BCUT2D eigenvalue weighted by Gasteiger charge is 2.17. The summed E-state index contributed by atoms with van der Waals surface area (Å²) in [6.45, 7) is 0.0915. The standard InChI is InChI=1S/C22H19ClFN3O4S/c23-19-10-5-11-20(24)18(19)13-21(28)26-27-22(29)16-8-4-9-17(12-16)32(30,31)25-14-15-6-2-1-3-7-15/h1-12,25H,13-14H2,(H,26,28)(H,27,29). The summed E-state index contributed by atoms with van der Waals surface area (Å²) >= 11 is 5.89. The van der Waals surface area contributed by atoms with Crippen molar-refractivity contribution in [3.05, 3.63) is 100 Å². The largest absolute Gasteiger partial charge is 0.273 e. The molecule has 0 aromatic heterocycles. The number of hydrazine groups is 1. The molecule has 0 heterocycles. The number of hydrogen-bond donors (Lipinski definition) is 3. The van der Waals surface area contributed by atoms with Gasteiger partial charge in [-0.05, 0) is 35.9 Å². The normalized spacial score (nSPS) is 11.1. The number of amides is 2. The van der Waals surface area contributed by atoms with Crippen molar-refractivity contribution in [3.8, 4) is 0 Å². The Morgan fingerprint density at radius 2 is 1.62 bits per heavy atom. The van der Waals surface area contributed by atoms with Crippen molar-refractivity contribution in [2.45, 2.75) is 17.9 Å². The zero-order valence-corrected chi connectivity index (χ0v) is 18.2. The molecule has 0 spiro atoms. The minimum atomic E-state index is -3.87. The Bertz CT molecular complexity index is 1220. The van der Waals surface area contributed by atoms with Gasteiger partial charge in [0.05, 0.1) is 11.3 Å². The summed E-state index contributed by atoms with van der Waals surface area (Å²) in [5.41, 5.74) is 5.12. The maximum absolute atomic E-state index is 13.8. The van der Waals surface area contributed by atoms with Crippen LogP contribution >= 0.6 is 11.6 Å². The van der Waals surface area contributed by atoms with Gasteiger partial charge in [-0.15, -0.1) is 0 Å². The van der Waals surface area contributed by atoms with E-state index in [4.69, 9.17) is 11.6 Å². The van der Waals surface area contributed by atoms with Crippen LogP contribution in [0.3, 0.4) is 0 Å². The SMILES string of the molecule is O=C(Cc1c(F)cccc1Cl)NNC(=O)c1cccc(S(=O)(=O)NCc2ccccc2)c1. The third-order valence-corrected chi connectivity index (χ3v) is 6.18. The summed E-state index contributed by atoms with van der Waals surface area (Å²) in [5, 5.41) is 0.0902. The second kappa shape index (κ2) is 10.4. The number of carbonyl (C=O) groups excluding carboxylic acids is 2. The molecular formula is C22H19ClFN3O4S. The zero-order valence-electron chi connectivity index (χ0n) is 16.6. The van der Waals surface area contributed by atoms with Crippen molar-refractivity contribution in [3.63, 3.8) is 0 Å². The highest BCUT2D eigenvalue weighted by atomic mass is 35.5. The van der Waals surface area contributed by atoms with Crippen molar-refractivity contribution in [2.24, 2.45) is 0 Å². The van der Waals surface area contributed by atoms with Gasteiger partial charge in [0, 0.05) is 22.7 Å². The Morgan fingerprint density at radius 3 is 2.34 bits per heavy atom. The molecule has 32 heavy (non-hydrogen) atoms. The maximum atomic E-state index is 13.8. The molecule has 0 radical (unpaired) electrons. The Kier molecular flexibility index (Phi) is 7.57. The average Bonchev–Trinajstić information content (AvgIpc) is 2.79. The average molecular weight is 476 g/mol. The van der Waals surface area contributed by atoms with E-state index < -0.39 is 27.7 Å². The van der Waals surface area contributed by atoms with Gasteiger partial charge < -0.3 is 0 Å². The van der Waals surface area contributed by atoms with E-state index in [9.17, 15) is 22.4 Å². The van der Waals surface area contributed by atoms with Crippen molar-refractivity contribution in [1.29, 1.82) is 0 Å². The van der Waals surface area contributed by atoms with Crippen LogP contribution in [0.1, 0.15) is 21.5 Å². The summed E-state index contributed by atoms with van der Waals surface area (Å²) in [6.07, 6.45) is -0.385. The van der Waals surface area contributed by atoms with E-state index in [1.807, 2.05) is 6.07 Å². The Labute approximate surface area is 189 Å². The molecule has 166 valence electrons. The molecule has 0 aliphatic rings. The van der Waals surface area contributed by atoms with Crippen LogP contribution in [-0.4, -0.2) is 20.2 Å². The van der Waals surface area contributed by atoms with Crippen molar-refractivity contribution in [2.75, 3.05) is 0 Å². The van der Waals surface area contributed by atoms with Crippen LogP contribution in [0.2, 0.25) is 5.02 Å². The highest BCUT2D eigenvalue weighted by Crippen LogP contribution is 2.19. The molecule has 10 heteroatoms. The summed E-state index contributed by atoms with van der Waals surface area (Å²) in [5.74, 6) is -2.07. The molecule has 0 unspecified atom stereocenters. The number of halogens is 2. The molecule has 0 atom stereocenters. The van der Waals surface area contributed by atoms with Crippen LogP contribution in [0.5, 0.6) is 0 Å². The minimum Gasteiger partial charge on any atom is -0.273 e. The predicted molar refractivity (Wildman–Crippen MR) is 118 cm³/mol. The predicted octanol–water partition coefficient (Wildman–Crippen LogP) is 2.96. The molecule has 3 N–H and O–H groups in total. The monoisotopic (exact) mass is 475 g/mol. The zero-order chi connectivity index (χ0) is 23.1. The minimum absolute atomic E-state index is 0.00139. The highest BCUT2D eigenvalue weighted by molar-refractivity contribution is 7.89. The molecular weight excluding hydrogens is 457 g/mol. The first-order chi connectivity index (χ1) is 15.3. The third kappa shape index (κ3) is 6.13. The van der Waals surface area contributed by atoms with Crippen LogP contribution in [0, 0.1) is 5.82 Å². The smallest absolute Gasteiger partial charge is 0.269 e. The summed E-state index contributed by atoms with van der Waals surface area (Å²) < 4.78 is 41.4. The Balaban J connectivity index is 1.61. The first kappa shape index (κ1) is 23.4. The second-order valence-corrected chi connectivity index (χ2v) is 8.89. The molecule has 3 aromatic rings. The van der Waals surface area contributed by atoms with Crippen LogP contribution in [0.25, 0.3) is 0 Å². The molecule has 0 saturated heterocycles. The molecule has 0 fully saturated rings. The van der Waals surface area contributed by atoms with E-state index in [2.05, 4.69) is 15.6 Å². The van der Waals surface area contributed by atoms with Crippen molar-refractivity contribution < 1.29 is 22.4 Å². The molecule has 0 aliphatic heterocycles. The van der Waals surface area contributed by atoms with Gasteiger partial charge in [-0.25, -0.2) is 17.5 Å². The number of hydrogen-bond acceptors (Lipinski definition) is 4. The van der Waals surface area contributed by atoms with Gasteiger partial charge in [0.2, 0.25) is 15.9 Å². The quantitative estimate of drug-likeness (QED) is 0.457. The summed E-state index contributed by atoms with van der Waals surface area (Å²) in [6, 6.07) is 18.3. The molecule has 0 bridgehead atoms. The Morgan fingerprint density at radius 1 is 0.906 bits per heavy atom. The van der Waals surface area contributed by atoms with Crippen LogP contribution in [-0.2, 0) is 27.8 Å². The summed E-state index contributed by atoms with van der Waals surface area (Å²) in [7, 11) is -3.87. The van der Waals surface area contributed by atoms with Crippen LogP contribution in [0.4, 0.5) is 4.39 Å². The summed E-state index contributed by atoms with van der Waals surface area (Å²) in [4.78, 5) is 24.3. The molecule has 0 saturated carbocycles. The number of rotatable bonds is 7. The van der Waals surface area contributed by atoms with Crippen molar-refractivity contribution >= 4 is 33.4 Å². The van der Waals surface area contributed by atoms with Gasteiger partial charge in [0.1, 0.15) is 5.82 Å². The molecule has 3 aromatic carbocycles. The van der Waals surface area contributed by atoms with Gasteiger partial charge in [-0.3, -0.25) is 20.4 Å².